The van der Waals surface area contributed by atoms with Gasteiger partial charge in [0, 0.05) is 6.92 Å². The highest BCUT2D eigenvalue weighted by atomic mass is 32.1. The first kappa shape index (κ1) is 18.5. The fraction of sp³-hybridized carbons (Fsp3) is 0.400. The van der Waals surface area contributed by atoms with Crippen molar-refractivity contribution < 1.29 is 14.3 Å². The summed E-state index contributed by atoms with van der Waals surface area (Å²) in [6.07, 6.45) is -0.165. The fourth-order valence-electron chi connectivity index (χ4n) is 3.00. The van der Waals surface area contributed by atoms with E-state index in [1.165, 1.54) is 18.3 Å². The Labute approximate surface area is 156 Å². The van der Waals surface area contributed by atoms with Gasteiger partial charge in [0.05, 0.1) is 21.9 Å². The maximum atomic E-state index is 13.4. The SMILES string of the molecule is CC(=O)Oc1c(OC(C)C)c(C(C)(C)C)c(=O)n2c1sc1ccccc12. The van der Waals surface area contributed by atoms with Gasteiger partial charge in [-0.05, 0) is 31.4 Å². The second-order valence-corrected chi connectivity index (χ2v) is 8.59. The second kappa shape index (κ2) is 6.43. The summed E-state index contributed by atoms with van der Waals surface area (Å²) in [5, 5.41) is 0. The first-order valence-corrected chi connectivity index (χ1v) is 9.38. The highest BCUT2D eigenvalue weighted by Gasteiger charge is 2.31. The Balaban J connectivity index is 2.57. The third kappa shape index (κ3) is 3.09. The lowest BCUT2D eigenvalue weighted by atomic mass is 9.87. The van der Waals surface area contributed by atoms with E-state index in [0.717, 1.165) is 10.2 Å². The van der Waals surface area contributed by atoms with E-state index in [2.05, 4.69) is 0 Å². The number of hydrogen-bond acceptors (Lipinski definition) is 5. The Bertz CT molecular complexity index is 1050. The lowest BCUT2D eigenvalue weighted by molar-refractivity contribution is -0.131. The molecule has 0 spiro atoms. The topological polar surface area (TPSA) is 57.0 Å². The predicted octanol–water partition coefficient (Wildman–Crippen LogP) is 4.52. The molecule has 0 radical (unpaired) electrons. The van der Waals surface area contributed by atoms with Gasteiger partial charge < -0.3 is 9.47 Å². The first-order valence-electron chi connectivity index (χ1n) is 8.57. The number of aromatic nitrogens is 1. The largest absolute Gasteiger partial charge is 0.486 e. The molecule has 0 unspecified atom stereocenters. The van der Waals surface area contributed by atoms with Gasteiger partial charge in [-0.1, -0.05) is 32.9 Å². The van der Waals surface area contributed by atoms with Crippen LogP contribution in [0.2, 0.25) is 0 Å². The van der Waals surface area contributed by atoms with Crippen molar-refractivity contribution in [2.45, 2.75) is 53.1 Å². The summed E-state index contributed by atoms with van der Waals surface area (Å²) in [5.74, 6) is 0.229. The van der Waals surface area contributed by atoms with Crippen LogP contribution in [0, 0.1) is 0 Å². The minimum atomic E-state index is -0.486. The number of para-hydroxylation sites is 1. The molecule has 138 valence electrons. The lowest BCUT2D eigenvalue weighted by Gasteiger charge is -2.25. The Kier molecular flexibility index (Phi) is 4.56. The molecule has 3 rings (SSSR count). The minimum absolute atomic E-state index is 0.142. The van der Waals surface area contributed by atoms with Gasteiger partial charge in [0.25, 0.3) is 5.56 Å². The van der Waals surface area contributed by atoms with Gasteiger partial charge in [0.1, 0.15) is 0 Å². The normalized spacial score (nSPS) is 12.1. The van der Waals surface area contributed by atoms with Crippen LogP contribution in [0.1, 0.15) is 47.1 Å². The zero-order chi connectivity index (χ0) is 19.2. The van der Waals surface area contributed by atoms with Gasteiger partial charge in [0.15, 0.2) is 10.6 Å². The molecule has 0 saturated carbocycles. The standard InChI is InChI=1S/C20H23NO4S/c1-11(2)24-16-15(20(4,5)6)18(23)21-13-9-7-8-10-14(13)26-19(21)17(16)25-12(3)22/h7-11H,1-6H3. The average molecular weight is 373 g/mol. The highest BCUT2D eigenvalue weighted by Crippen LogP contribution is 2.43. The van der Waals surface area contributed by atoms with Gasteiger partial charge in [-0.3, -0.25) is 14.0 Å². The molecular formula is C20H23NO4S. The van der Waals surface area contributed by atoms with Gasteiger partial charge in [-0.2, -0.15) is 0 Å². The molecule has 0 aliphatic heterocycles. The number of benzene rings is 1. The van der Waals surface area contributed by atoms with Crippen molar-refractivity contribution in [2.75, 3.05) is 0 Å². The van der Waals surface area contributed by atoms with Crippen molar-refractivity contribution >= 4 is 32.4 Å². The van der Waals surface area contributed by atoms with Crippen molar-refractivity contribution in [3.63, 3.8) is 0 Å². The Morgan fingerprint density at radius 2 is 1.81 bits per heavy atom. The van der Waals surface area contributed by atoms with Crippen LogP contribution in [0.4, 0.5) is 0 Å². The molecule has 1 aromatic carbocycles. The van der Waals surface area contributed by atoms with Crippen LogP contribution in [-0.2, 0) is 10.2 Å². The van der Waals surface area contributed by atoms with E-state index in [0.29, 0.717) is 21.9 Å². The van der Waals surface area contributed by atoms with E-state index in [4.69, 9.17) is 9.47 Å². The van der Waals surface area contributed by atoms with Crippen molar-refractivity contribution in [3.05, 3.63) is 40.2 Å². The van der Waals surface area contributed by atoms with Gasteiger partial charge >= 0.3 is 5.97 Å². The molecule has 0 fully saturated rings. The number of rotatable bonds is 3. The number of esters is 1. The van der Waals surface area contributed by atoms with E-state index in [-0.39, 0.29) is 11.7 Å². The Hall–Kier alpha value is -2.34. The van der Waals surface area contributed by atoms with E-state index in [1.807, 2.05) is 58.9 Å². The van der Waals surface area contributed by atoms with Gasteiger partial charge in [-0.25, -0.2) is 0 Å². The summed E-state index contributed by atoms with van der Waals surface area (Å²) in [6, 6.07) is 7.66. The maximum absolute atomic E-state index is 13.4. The van der Waals surface area contributed by atoms with Crippen LogP contribution in [0.15, 0.2) is 29.1 Å². The molecule has 2 aromatic heterocycles. The average Bonchev–Trinajstić information content (AvgIpc) is 2.88. The first-order chi connectivity index (χ1) is 12.1. The fourth-order valence-corrected chi connectivity index (χ4v) is 4.12. The number of nitrogens with zero attached hydrogens (tertiary/aromatic N) is 1. The van der Waals surface area contributed by atoms with E-state index in [1.54, 1.807) is 4.40 Å². The third-order valence-electron chi connectivity index (χ3n) is 3.91. The molecule has 0 bridgehead atoms. The molecule has 26 heavy (non-hydrogen) atoms. The predicted molar refractivity (Wildman–Crippen MR) is 105 cm³/mol. The number of pyridine rings is 1. The van der Waals surface area contributed by atoms with E-state index >= 15 is 0 Å². The van der Waals surface area contributed by atoms with Crippen molar-refractivity contribution in [1.82, 2.24) is 4.40 Å². The summed E-state index contributed by atoms with van der Waals surface area (Å²) in [4.78, 5) is 25.8. The smallest absolute Gasteiger partial charge is 0.308 e. The highest BCUT2D eigenvalue weighted by molar-refractivity contribution is 7.24. The molecule has 3 aromatic rings. The number of thiazole rings is 1. The lowest BCUT2D eigenvalue weighted by Crippen LogP contribution is -2.30. The Morgan fingerprint density at radius 1 is 1.15 bits per heavy atom. The number of carbonyl (C=O) groups excluding carboxylic acids is 1. The molecule has 0 aliphatic rings. The molecule has 5 nitrogen and oxygen atoms in total. The number of ether oxygens (including phenoxy) is 2. The maximum Gasteiger partial charge on any atom is 0.308 e. The molecule has 0 aliphatic carbocycles. The van der Waals surface area contributed by atoms with Crippen molar-refractivity contribution in [2.24, 2.45) is 0 Å². The van der Waals surface area contributed by atoms with Crippen LogP contribution in [0.25, 0.3) is 15.0 Å². The summed E-state index contributed by atoms with van der Waals surface area (Å²) in [6.45, 7) is 11.0. The van der Waals surface area contributed by atoms with Crippen LogP contribution >= 0.6 is 11.3 Å². The van der Waals surface area contributed by atoms with Crippen LogP contribution in [-0.4, -0.2) is 16.5 Å². The molecule has 0 saturated heterocycles. The summed E-state index contributed by atoms with van der Waals surface area (Å²) in [5.41, 5.74) is 0.674. The molecule has 2 heterocycles. The number of hydrogen-bond donors (Lipinski definition) is 0. The number of carbonyl (C=O) groups is 1. The molecule has 0 N–H and O–H groups in total. The van der Waals surface area contributed by atoms with Crippen LogP contribution in [0.5, 0.6) is 11.5 Å². The molecular weight excluding hydrogens is 350 g/mol. The summed E-state index contributed by atoms with van der Waals surface area (Å²) in [7, 11) is 0. The summed E-state index contributed by atoms with van der Waals surface area (Å²) >= 11 is 1.41. The third-order valence-corrected chi connectivity index (χ3v) is 5.04. The molecule has 0 atom stereocenters. The quantitative estimate of drug-likeness (QED) is 0.633. The molecule has 0 amide bonds. The van der Waals surface area contributed by atoms with Crippen molar-refractivity contribution in [1.29, 1.82) is 0 Å². The van der Waals surface area contributed by atoms with Crippen LogP contribution < -0.4 is 15.0 Å². The van der Waals surface area contributed by atoms with Crippen LogP contribution in [0.3, 0.4) is 0 Å². The zero-order valence-corrected chi connectivity index (χ0v) is 16.7. The zero-order valence-electron chi connectivity index (χ0n) is 15.9. The number of fused-ring (bicyclic) bond motifs is 3. The summed E-state index contributed by atoms with van der Waals surface area (Å²) < 4.78 is 14.1. The second-order valence-electron chi connectivity index (χ2n) is 7.56. The van der Waals surface area contributed by atoms with Gasteiger partial charge in [0.2, 0.25) is 5.75 Å². The monoisotopic (exact) mass is 373 g/mol. The Morgan fingerprint density at radius 3 is 2.38 bits per heavy atom. The van der Waals surface area contributed by atoms with Gasteiger partial charge in [-0.15, -0.1) is 11.3 Å². The van der Waals surface area contributed by atoms with Crippen molar-refractivity contribution in [3.8, 4) is 11.5 Å². The van der Waals surface area contributed by atoms with E-state index < -0.39 is 11.4 Å². The minimum Gasteiger partial charge on any atom is -0.486 e. The molecule has 6 heteroatoms. The van der Waals surface area contributed by atoms with E-state index in [9.17, 15) is 9.59 Å².